The second-order valence-electron chi connectivity index (χ2n) is 2.42. The molecule has 0 aliphatic rings. The minimum absolute atomic E-state index is 0.0521. The van der Waals surface area contributed by atoms with Gasteiger partial charge in [0.15, 0.2) is 0 Å². The number of carbonyl (C=O) groups is 2. The van der Waals surface area contributed by atoms with Crippen molar-refractivity contribution in [2.45, 2.75) is 18.6 Å². The fourth-order valence-electron chi connectivity index (χ4n) is 0.323. The zero-order chi connectivity index (χ0) is 12.6. The topological polar surface area (TPSA) is 127 Å². The molecule has 0 aromatic heterocycles. The molecule has 1 atom stereocenters. The van der Waals surface area contributed by atoms with Crippen molar-refractivity contribution in [3.63, 3.8) is 0 Å². The van der Waals surface area contributed by atoms with E-state index in [4.69, 9.17) is 26.5 Å². The number of aliphatic hydroxyl groups is 1. The van der Waals surface area contributed by atoms with Crippen LogP contribution in [0, 0.1) is 0 Å². The quantitative estimate of drug-likeness (QED) is 0.486. The van der Waals surface area contributed by atoms with Crippen LogP contribution in [0.5, 0.6) is 0 Å². The normalized spacial score (nSPS) is 12.3. The first kappa shape index (κ1) is 16.1. The summed E-state index contributed by atoms with van der Waals surface area (Å²) < 4.78 is 31.7. The summed E-state index contributed by atoms with van der Waals surface area (Å²) >= 11 is 0. The van der Waals surface area contributed by atoms with Crippen LogP contribution in [0.1, 0.15) is 6.42 Å². The number of hydrogen-bond acceptors (Lipinski definition) is 4. The molecule has 0 aliphatic heterocycles. The van der Waals surface area contributed by atoms with Crippen LogP contribution in [0.4, 0.5) is 13.2 Å². The number of hydrogen-bond donors (Lipinski definition) is 4. The number of aliphatic hydroxyl groups excluding tert-OH is 1. The van der Waals surface area contributed by atoms with E-state index < -0.39 is 24.1 Å². The molecule has 1 unspecified atom stereocenters. The molecule has 0 aromatic carbocycles. The van der Waals surface area contributed by atoms with Crippen molar-refractivity contribution in [2.75, 3.05) is 6.61 Å². The average Bonchev–Trinajstić information content (AvgIpc) is 2.02. The highest BCUT2D eigenvalue weighted by molar-refractivity contribution is 5.74. The third-order valence-electron chi connectivity index (χ3n) is 0.940. The Morgan fingerprint density at radius 1 is 1.33 bits per heavy atom. The number of rotatable bonds is 3. The Kier molecular flexibility index (Phi) is 7.52. The SMILES string of the molecule is NC(=O)CC(N)CO.O=C(O)C(F)(F)F. The van der Waals surface area contributed by atoms with Crippen molar-refractivity contribution in [3.05, 3.63) is 0 Å². The first-order chi connectivity index (χ1) is 6.61. The fourth-order valence-corrected chi connectivity index (χ4v) is 0.323. The van der Waals surface area contributed by atoms with E-state index in [1.165, 1.54) is 0 Å². The van der Waals surface area contributed by atoms with E-state index in [0.717, 1.165) is 0 Å². The van der Waals surface area contributed by atoms with Crippen LogP contribution in [-0.2, 0) is 9.59 Å². The molecule has 0 saturated heterocycles. The van der Waals surface area contributed by atoms with Gasteiger partial charge in [-0.2, -0.15) is 13.2 Å². The molecule has 6 nitrogen and oxygen atoms in total. The lowest BCUT2D eigenvalue weighted by atomic mass is 10.2. The summed E-state index contributed by atoms with van der Waals surface area (Å²) in [6, 6.07) is -0.493. The summed E-state index contributed by atoms with van der Waals surface area (Å²) in [7, 11) is 0. The Labute approximate surface area is 82.7 Å². The van der Waals surface area contributed by atoms with E-state index in [0.29, 0.717) is 0 Å². The van der Waals surface area contributed by atoms with Crippen LogP contribution < -0.4 is 11.5 Å². The maximum absolute atomic E-state index is 10.6. The summed E-state index contributed by atoms with van der Waals surface area (Å²) in [5.74, 6) is -3.24. The third-order valence-corrected chi connectivity index (χ3v) is 0.940. The summed E-state index contributed by atoms with van der Waals surface area (Å²) in [4.78, 5) is 18.9. The lowest BCUT2D eigenvalue weighted by Crippen LogP contribution is -2.30. The van der Waals surface area contributed by atoms with Gasteiger partial charge in [-0.15, -0.1) is 0 Å². The lowest BCUT2D eigenvalue weighted by Gasteiger charge is -2.01. The molecule has 0 bridgehead atoms. The smallest absolute Gasteiger partial charge is 0.475 e. The number of carboxylic acids is 1. The molecule has 6 N–H and O–H groups in total. The number of nitrogens with two attached hydrogens (primary N) is 2. The van der Waals surface area contributed by atoms with Gasteiger partial charge < -0.3 is 21.7 Å². The van der Waals surface area contributed by atoms with Crippen molar-refractivity contribution in [2.24, 2.45) is 11.5 Å². The molecule has 0 fully saturated rings. The Bertz CT molecular complexity index is 219. The van der Waals surface area contributed by atoms with Gasteiger partial charge in [0.1, 0.15) is 0 Å². The monoisotopic (exact) mass is 232 g/mol. The second-order valence-corrected chi connectivity index (χ2v) is 2.42. The van der Waals surface area contributed by atoms with E-state index in [1.54, 1.807) is 0 Å². The molecule has 0 aromatic rings. The maximum Gasteiger partial charge on any atom is 0.490 e. The molecule has 0 radical (unpaired) electrons. The molecule has 0 spiro atoms. The van der Waals surface area contributed by atoms with E-state index in [1.807, 2.05) is 0 Å². The molecule has 0 rings (SSSR count). The van der Waals surface area contributed by atoms with Crippen LogP contribution in [0.3, 0.4) is 0 Å². The number of carbonyl (C=O) groups excluding carboxylic acids is 1. The zero-order valence-electron chi connectivity index (χ0n) is 7.49. The van der Waals surface area contributed by atoms with E-state index in [2.05, 4.69) is 0 Å². The van der Waals surface area contributed by atoms with Crippen molar-refractivity contribution in [1.29, 1.82) is 0 Å². The third kappa shape index (κ3) is 12.6. The minimum Gasteiger partial charge on any atom is -0.475 e. The lowest BCUT2D eigenvalue weighted by molar-refractivity contribution is -0.192. The van der Waals surface area contributed by atoms with Crippen LogP contribution >= 0.6 is 0 Å². The number of alkyl halides is 3. The van der Waals surface area contributed by atoms with Crippen molar-refractivity contribution in [3.8, 4) is 0 Å². The van der Waals surface area contributed by atoms with Crippen LogP contribution in [0.2, 0.25) is 0 Å². The summed E-state index contributed by atoms with van der Waals surface area (Å²) in [5.41, 5.74) is 9.86. The molecular weight excluding hydrogens is 221 g/mol. The van der Waals surface area contributed by atoms with E-state index in [9.17, 15) is 18.0 Å². The fraction of sp³-hybridized carbons (Fsp3) is 0.667. The first-order valence-corrected chi connectivity index (χ1v) is 3.56. The molecule has 1 amide bonds. The first-order valence-electron chi connectivity index (χ1n) is 3.56. The van der Waals surface area contributed by atoms with Gasteiger partial charge >= 0.3 is 12.1 Å². The van der Waals surface area contributed by atoms with Crippen molar-refractivity contribution in [1.82, 2.24) is 0 Å². The maximum atomic E-state index is 10.6. The Morgan fingerprint density at radius 2 is 1.67 bits per heavy atom. The molecular formula is C6H11F3N2O4. The number of carboxylic acid groups (broad SMARTS) is 1. The van der Waals surface area contributed by atoms with Crippen molar-refractivity contribution >= 4 is 11.9 Å². The largest absolute Gasteiger partial charge is 0.490 e. The highest BCUT2D eigenvalue weighted by Gasteiger charge is 2.38. The summed E-state index contributed by atoms with van der Waals surface area (Å²) in [6.07, 6.45) is -5.03. The summed E-state index contributed by atoms with van der Waals surface area (Å²) in [6.45, 7) is -0.192. The van der Waals surface area contributed by atoms with Gasteiger partial charge in [0, 0.05) is 12.5 Å². The van der Waals surface area contributed by atoms with E-state index in [-0.39, 0.29) is 13.0 Å². The predicted molar refractivity (Wildman–Crippen MR) is 42.6 cm³/mol. The Balaban J connectivity index is 0. The molecule has 0 aliphatic carbocycles. The van der Waals surface area contributed by atoms with Gasteiger partial charge in [-0.1, -0.05) is 0 Å². The molecule has 90 valence electrons. The highest BCUT2D eigenvalue weighted by atomic mass is 19.4. The van der Waals surface area contributed by atoms with Gasteiger partial charge in [0.05, 0.1) is 6.61 Å². The zero-order valence-corrected chi connectivity index (χ0v) is 7.49. The predicted octanol–water partition coefficient (Wildman–Crippen LogP) is -1.19. The molecule has 9 heteroatoms. The second kappa shape index (κ2) is 7.01. The summed E-state index contributed by atoms with van der Waals surface area (Å²) in [5, 5.41) is 15.4. The van der Waals surface area contributed by atoms with Gasteiger partial charge in [-0.3, -0.25) is 4.79 Å². The Hall–Kier alpha value is -1.35. The van der Waals surface area contributed by atoms with Gasteiger partial charge in [-0.05, 0) is 0 Å². The van der Waals surface area contributed by atoms with Crippen LogP contribution in [0.15, 0.2) is 0 Å². The van der Waals surface area contributed by atoms with Crippen molar-refractivity contribution < 1.29 is 33.0 Å². The molecule has 0 saturated carbocycles. The standard InChI is InChI=1S/C4H10N2O2.C2HF3O2/c5-3(2-7)1-4(6)8;3-2(4,5)1(6)7/h3,7H,1-2,5H2,(H2,6,8);(H,6,7). The van der Waals surface area contributed by atoms with Gasteiger partial charge in [0.2, 0.25) is 5.91 Å². The van der Waals surface area contributed by atoms with Crippen LogP contribution in [-0.4, -0.2) is 40.9 Å². The molecule has 15 heavy (non-hydrogen) atoms. The molecule has 0 heterocycles. The number of amides is 1. The highest BCUT2D eigenvalue weighted by Crippen LogP contribution is 2.13. The van der Waals surface area contributed by atoms with Gasteiger partial charge in [0.25, 0.3) is 0 Å². The number of primary amides is 1. The Morgan fingerprint density at radius 3 is 1.73 bits per heavy atom. The minimum atomic E-state index is -5.08. The number of halogens is 3. The van der Waals surface area contributed by atoms with E-state index >= 15 is 0 Å². The van der Waals surface area contributed by atoms with Crippen LogP contribution in [0.25, 0.3) is 0 Å². The van der Waals surface area contributed by atoms with Gasteiger partial charge in [-0.25, -0.2) is 4.79 Å². The number of aliphatic carboxylic acids is 1. The average molecular weight is 232 g/mol.